The Balaban J connectivity index is 1.86. The number of aliphatic hydroxyl groups excluding tert-OH is 1. The summed E-state index contributed by atoms with van der Waals surface area (Å²) >= 11 is 1.59. The third-order valence-corrected chi connectivity index (χ3v) is 4.25. The molecule has 0 spiro atoms. The Kier molecular flexibility index (Phi) is 4.85. The van der Waals surface area contributed by atoms with Gasteiger partial charge in [-0.05, 0) is 27.7 Å². The van der Waals surface area contributed by atoms with E-state index in [0.29, 0.717) is 19.6 Å². The van der Waals surface area contributed by atoms with Crippen LogP contribution in [0.15, 0.2) is 5.51 Å². The SMILES string of the molecule is Cc1ncsc1CN[C@H]1CN(C(=O)OC(C)(C)C)C[C@@H]1O. The van der Waals surface area contributed by atoms with Gasteiger partial charge in [0.15, 0.2) is 0 Å². The topological polar surface area (TPSA) is 74.7 Å². The molecule has 1 aliphatic rings. The largest absolute Gasteiger partial charge is 0.444 e. The first-order valence-electron chi connectivity index (χ1n) is 7.04. The van der Waals surface area contributed by atoms with Gasteiger partial charge < -0.3 is 20.1 Å². The summed E-state index contributed by atoms with van der Waals surface area (Å²) in [5, 5.41) is 13.4. The van der Waals surface area contributed by atoms with Crippen molar-refractivity contribution in [3.05, 3.63) is 16.1 Å². The lowest BCUT2D eigenvalue weighted by Crippen LogP contribution is -2.39. The normalized spacial score (nSPS) is 22.6. The van der Waals surface area contributed by atoms with Crippen molar-refractivity contribution < 1.29 is 14.6 Å². The second kappa shape index (κ2) is 6.29. The van der Waals surface area contributed by atoms with E-state index < -0.39 is 11.7 Å². The van der Waals surface area contributed by atoms with Crippen molar-refractivity contribution >= 4 is 17.4 Å². The van der Waals surface area contributed by atoms with E-state index in [9.17, 15) is 9.90 Å². The molecular formula is C14H23N3O3S. The first-order chi connectivity index (χ1) is 9.76. The zero-order chi connectivity index (χ0) is 15.6. The molecule has 6 nitrogen and oxygen atoms in total. The van der Waals surface area contributed by atoms with Crippen LogP contribution in [0.3, 0.4) is 0 Å². The Hall–Kier alpha value is -1.18. The van der Waals surface area contributed by atoms with Gasteiger partial charge in [-0.2, -0.15) is 0 Å². The summed E-state index contributed by atoms with van der Waals surface area (Å²) in [6.45, 7) is 8.87. The maximum Gasteiger partial charge on any atom is 0.410 e. The van der Waals surface area contributed by atoms with Gasteiger partial charge in [-0.1, -0.05) is 0 Å². The van der Waals surface area contributed by atoms with Crippen LogP contribution < -0.4 is 5.32 Å². The van der Waals surface area contributed by atoms with Gasteiger partial charge in [0.25, 0.3) is 0 Å². The van der Waals surface area contributed by atoms with Gasteiger partial charge in [-0.15, -0.1) is 11.3 Å². The third-order valence-electron chi connectivity index (χ3n) is 3.31. The van der Waals surface area contributed by atoms with Gasteiger partial charge in [-0.3, -0.25) is 0 Å². The molecule has 1 aliphatic heterocycles. The number of thiazole rings is 1. The van der Waals surface area contributed by atoms with Crippen LogP contribution in [-0.2, 0) is 11.3 Å². The summed E-state index contributed by atoms with van der Waals surface area (Å²) in [4.78, 5) is 18.9. The molecule has 21 heavy (non-hydrogen) atoms. The fraction of sp³-hybridized carbons (Fsp3) is 0.714. The number of carbonyl (C=O) groups is 1. The molecule has 2 rings (SSSR count). The van der Waals surface area contributed by atoms with Crippen LogP contribution in [0, 0.1) is 6.92 Å². The highest BCUT2D eigenvalue weighted by Crippen LogP contribution is 2.17. The van der Waals surface area contributed by atoms with Crippen molar-refractivity contribution in [2.24, 2.45) is 0 Å². The van der Waals surface area contributed by atoms with Crippen LogP contribution in [0.5, 0.6) is 0 Å². The first-order valence-corrected chi connectivity index (χ1v) is 7.92. The Morgan fingerprint density at radius 2 is 2.29 bits per heavy atom. The number of ether oxygens (including phenoxy) is 1. The lowest BCUT2D eigenvalue weighted by Gasteiger charge is -2.24. The number of aryl methyl sites for hydroxylation is 1. The van der Waals surface area contributed by atoms with Crippen molar-refractivity contribution in [2.45, 2.75) is 52.0 Å². The van der Waals surface area contributed by atoms with Gasteiger partial charge in [0.05, 0.1) is 29.9 Å². The molecule has 2 atom stereocenters. The smallest absolute Gasteiger partial charge is 0.410 e. The molecule has 0 unspecified atom stereocenters. The summed E-state index contributed by atoms with van der Waals surface area (Å²) in [5.41, 5.74) is 2.29. The van der Waals surface area contributed by atoms with Crippen molar-refractivity contribution in [1.82, 2.24) is 15.2 Å². The van der Waals surface area contributed by atoms with Crippen LogP contribution in [0.1, 0.15) is 31.3 Å². The van der Waals surface area contributed by atoms with Gasteiger partial charge in [0.1, 0.15) is 5.60 Å². The average Bonchev–Trinajstić information content (AvgIpc) is 2.91. The number of β-amino-alcohol motifs (C(OH)–C–C–N with tert-alkyl or cyclic N) is 1. The Bertz CT molecular complexity index is 498. The standard InChI is InChI=1S/C14H23N3O3S/c1-9-12(21-8-16-9)5-15-10-6-17(7-11(10)18)13(19)20-14(2,3)4/h8,10-11,15,18H,5-7H2,1-4H3/t10-,11-/m0/s1. The number of aromatic nitrogens is 1. The number of likely N-dealkylation sites (tertiary alicyclic amines) is 1. The van der Waals surface area contributed by atoms with Crippen LogP contribution >= 0.6 is 11.3 Å². The molecule has 1 fully saturated rings. The Labute approximate surface area is 129 Å². The van der Waals surface area contributed by atoms with Crippen molar-refractivity contribution in [3.63, 3.8) is 0 Å². The minimum absolute atomic E-state index is 0.140. The highest BCUT2D eigenvalue weighted by molar-refractivity contribution is 7.09. The minimum Gasteiger partial charge on any atom is -0.444 e. The molecule has 1 amide bonds. The molecule has 0 saturated carbocycles. The average molecular weight is 313 g/mol. The number of hydrogen-bond acceptors (Lipinski definition) is 6. The van der Waals surface area contributed by atoms with E-state index in [-0.39, 0.29) is 12.1 Å². The number of nitrogens with one attached hydrogen (secondary N) is 1. The molecule has 2 heterocycles. The minimum atomic E-state index is -0.578. The van der Waals surface area contributed by atoms with Gasteiger partial charge in [0.2, 0.25) is 0 Å². The highest BCUT2D eigenvalue weighted by Gasteiger charge is 2.35. The molecule has 0 bridgehead atoms. The first kappa shape index (κ1) is 16.2. The van der Waals surface area contributed by atoms with Crippen molar-refractivity contribution in [2.75, 3.05) is 13.1 Å². The molecule has 118 valence electrons. The quantitative estimate of drug-likeness (QED) is 0.885. The lowest BCUT2D eigenvalue weighted by atomic mass is 10.2. The molecule has 7 heteroatoms. The van der Waals surface area contributed by atoms with E-state index in [0.717, 1.165) is 10.6 Å². The highest BCUT2D eigenvalue weighted by atomic mass is 32.1. The monoisotopic (exact) mass is 313 g/mol. The number of amides is 1. The van der Waals surface area contributed by atoms with Gasteiger partial charge >= 0.3 is 6.09 Å². The van der Waals surface area contributed by atoms with E-state index in [2.05, 4.69) is 10.3 Å². The zero-order valence-corrected chi connectivity index (χ0v) is 13.7. The van der Waals surface area contributed by atoms with Crippen molar-refractivity contribution in [3.8, 4) is 0 Å². The molecule has 0 aliphatic carbocycles. The number of hydrogen-bond donors (Lipinski definition) is 2. The summed E-state index contributed by atoms with van der Waals surface area (Å²) in [6, 6.07) is -0.140. The zero-order valence-electron chi connectivity index (χ0n) is 12.9. The Morgan fingerprint density at radius 1 is 1.57 bits per heavy atom. The molecule has 1 aromatic heterocycles. The fourth-order valence-corrected chi connectivity index (χ4v) is 2.91. The van der Waals surface area contributed by atoms with Gasteiger partial charge in [-0.25, -0.2) is 9.78 Å². The third kappa shape index (κ3) is 4.39. The summed E-state index contributed by atoms with van der Waals surface area (Å²) in [6.07, 6.45) is -0.953. The van der Waals surface area contributed by atoms with Crippen molar-refractivity contribution in [1.29, 1.82) is 0 Å². The summed E-state index contributed by atoms with van der Waals surface area (Å²) < 4.78 is 5.33. The molecule has 0 aromatic carbocycles. The van der Waals surface area contributed by atoms with Crippen LogP contribution in [0.4, 0.5) is 4.79 Å². The van der Waals surface area contributed by atoms with Gasteiger partial charge in [0, 0.05) is 18.0 Å². The second-order valence-corrected chi connectivity index (χ2v) is 7.24. The number of aliphatic hydroxyl groups is 1. The molecule has 2 N–H and O–H groups in total. The maximum atomic E-state index is 12.0. The number of nitrogens with zero attached hydrogens (tertiary/aromatic N) is 2. The second-order valence-electron chi connectivity index (χ2n) is 6.30. The maximum absolute atomic E-state index is 12.0. The molecular weight excluding hydrogens is 290 g/mol. The van der Waals surface area contributed by atoms with E-state index >= 15 is 0 Å². The van der Waals surface area contributed by atoms with Crippen LogP contribution in [-0.4, -0.2) is 51.9 Å². The van der Waals surface area contributed by atoms with E-state index in [1.807, 2.05) is 33.2 Å². The molecule has 0 radical (unpaired) electrons. The van der Waals surface area contributed by atoms with E-state index in [1.54, 1.807) is 16.2 Å². The summed E-state index contributed by atoms with van der Waals surface area (Å²) in [5.74, 6) is 0. The predicted molar refractivity (Wildman–Crippen MR) is 81.3 cm³/mol. The van der Waals surface area contributed by atoms with E-state index in [4.69, 9.17) is 4.74 Å². The number of rotatable bonds is 3. The lowest BCUT2D eigenvalue weighted by molar-refractivity contribution is 0.0270. The Morgan fingerprint density at radius 3 is 2.86 bits per heavy atom. The fourth-order valence-electron chi connectivity index (χ4n) is 2.18. The summed E-state index contributed by atoms with van der Waals surface area (Å²) in [7, 11) is 0. The molecule has 1 aromatic rings. The number of carbonyl (C=O) groups excluding carboxylic acids is 1. The van der Waals surface area contributed by atoms with Crippen LogP contribution in [0.2, 0.25) is 0 Å². The van der Waals surface area contributed by atoms with Crippen LogP contribution in [0.25, 0.3) is 0 Å². The predicted octanol–water partition coefficient (Wildman–Crippen LogP) is 1.52. The van der Waals surface area contributed by atoms with E-state index in [1.165, 1.54) is 0 Å². The molecule has 1 saturated heterocycles.